The van der Waals surface area contributed by atoms with Crippen LogP contribution in [0.1, 0.15) is 25.5 Å². The Kier molecular flexibility index (Phi) is 3.68. The van der Waals surface area contributed by atoms with Crippen molar-refractivity contribution < 1.29 is 4.79 Å². The van der Waals surface area contributed by atoms with Crippen molar-refractivity contribution in [3.05, 3.63) is 35.0 Å². The van der Waals surface area contributed by atoms with Gasteiger partial charge in [0.25, 0.3) is 0 Å². The Balaban J connectivity index is 1.64. The molecule has 1 fully saturated rings. The summed E-state index contributed by atoms with van der Waals surface area (Å²) in [6.45, 7) is 2.42. The number of carbonyl (C=O) groups excluding carboxylic acids is 1. The van der Waals surface area contributed by atoms with Crippen LogP contribution in [-0.2, 0) is 11.3 Å². The number of halogens is 1. The van der Waals surface area contributed by atoms with Gasteiger partial charge < -0.3 is 15.6 Å². The van der Waals surface area contributed by atoms with Crippen LogP contribution in [0, 0.1) is 0 Å². The van der Waals surface area contributed by atoms with E-state index in [0.29, 0.717) is 12.6 Å². The molecular formula is C15H18ClN3O. The van der Waals surface area contributed by atoms with E-state index in [4.69, 9.17) is 11.6 Å². The van der Waals surface area contributed by atoms with Crippen molar-refractivity contribution in [1.29, 1.82) is 0 Å². The van der Waals surface area contributed by atoms with Crippen molar-refractivity contribution in [2.24, 2.45) is 0 Å². The topological polar surface area (TPSA) is 56.9 Å². The molecule has 1 atom stereocenters. The van der Waals surface area contributed by atoms with Gasteiger partial charge >= 0.3 is 0 Å². The van der Waals surface area contributed by atoms with Gasteiger partial charge in [0.05, 0.1) is 11.1 Å². The summed E-state index contributed by atoms with van der Waals surface area (Å²) in [4.78, 5) is 15.1. The average molecular weight is 292 g/mol. The van der Waals surface area contributed by atoms with Crippen LogP contribution in [0.4, 0.5) is 0 Å². The molecule has 0 spiro atoms. The summed E-state index contributed by atoms with van der Waals surface area (Å²) in [5.41, 5.74) is 1.93. The zero-order valence-electron chi connectivity index (χ0n) is 11.4. The number of para-hydroxylation sites is 1. The van der Waals surface area contributed by atoms with Crippen LogP contribution in [-0.4, -0.2) is 23.0 Å². The van der Waals surface area contributed by atoms with Crippen LogP contribution in [0.15, 0.2) is 24.3 Å². The highest BCUT2D eigenvalue weighted by Gasteiger charge is 2.25. The Hall–Kier alpha value is -1.52. The summed E-state index contributed by atoms with van der Waals surface area (Å²) >= 11 is 6.34. The molecule has 0 bridgehead atoms. The van der Waals surface area contributed by atoms with Crippen molar-refractivity contribution in [1.82, 2.24) is 15.6 Å². The second kappa shape index (κ2) is 5.46. The lowest BCUT2D eigenvalue weighted by molar-refractivity contribution is -0.122. The molecule has 0 radical (unpaired) electrons. The molecule has 1 aromatic carbocycles. The largest absolute Gasteiger partial charge is 0.356 e. The predicted octanol–water partition coefficient (Wildman–Crippen LogP) is 2.58. The van der Waals surface area contributed by atoms with E-state index in [9.17, 15) is 4.79 Å². The molecule has 5 heteroatoms. The van der Waals surface area contributed by atoms with E-state index in [1.807, 2.05) is 31.2 Å². The number of rotatable bonds is 5. The lowest BCUT2D eigenvalue weighted by Crippen LogP contribution is -2.42. The summed E-state index contributed by atoms with van der Waals surface area (Å²) in [7, 11) is 0. The maximum absolute atomic E-state index is 11.9. The van der Waals surface area contributed by atoms with E-state index >= 15 is 0 Å². The van der Waals surface area contributed by atoms with Gasteiger partial charge in [-0.1, -0.05) is 29.8 Å². The summed E-state index contributed by atoms with van der Waals surface area (Å²) in [5, 5.41) is 7.93. The summed E-state index contributed by atoms with van der Waals surface area (Å²) in [6.07, 6.45) is 2.21. The predicted molar refractivity (Wildman–Crippen MR) is 80.8 cm³/mol. The zero-order valence-corrected chi connectivity index (χ0v) is 12.1. The van der Waals surface area contributed by atoms with Crippen molar-refractivity contribution in [3.63, 3.8) is 0 Å². The van der Waals surface area contributed by atoms with Crippen LogP contribution in [0.5, 0.6) is 0 Å². The Bertz CT molecular complexity index is 633. The maximum atomic E-state index is 11.9. The van der Waals surface area contributed by atoms with Crippen molar-refractivity contribution in [3.8, 4) is 0 Å². The monoisotopic (exact) mass is 291 g/mol. The molecule has 1 aliphatic rings. The lowest BCUT2D eigenvalue weighted by Gasteiger charge is -2.13. The first-order chi connectivity index (χ1) is 9.65. The van der Waals surface area contributed by atoms with Gasteiger partial charge in [0.1, 0.15) is 0 Å². The Morgan fingerprint density at radius 3 is 2.90 bits per heavy atom. The minimum Gasteiger partial charge on any atom is -0.356 e. The fraction of sp³-hybridized carbons (Fsp3) is 0.400. The first-order valence-corrected chi connectivity index (χ1v) is 7.32. The summed E-state index contributed by atoms with van der Waals surface area (Å²) in [6, 6.07) is 8.08. The third kappa shape index (κ3) is 2.81. The van der Waals surface area contributed by atoms with Gasteiger partial charge in [-0.15, -0.1) is 0 Å². The molecule has 1 aliphatic carbocycles. The molecule has 106 valence electrons. The van der Waals surface area contributed by atoms with E-state index in [1.165, 1.54) is 0 Å². The maximum Gasteiger partial charge on any atom is 0.237 e. The Labute approximate surface area is 122 Å². The van der Waals surface area contributed by atoms with Crippen LogP contribution >= 0.6 is 11.6 Å². The minimum absolute atomic E-state index is 0.0553. The van der Waals surface area contributed by atoms with Crippen molar-refractivity contribution in [2.75, 3.05) is 0 Å². The van der Waals surface area contributed by atoms with Crippen LogP contribution < -0.4 is 10.6 Å². The molecule has 3 N–H and O–H groups in total. The van der Waals surface area contributed by atoms with Gasteiger partial charge in [0, 0.05) is 29.2 Å². The number of carbonyl (C=O) groups is 1. The first kappa shape index (κ1) is 13.5. The number of amides is 1. The number of H-pyrrole nitrogens is 1. The number of aromatic amines is 1. The highest BCUT2D eigenvalue weighted by Crippen LogP contribution is 2.27. The molecule has 0 saturated heterocycles. The fourth-order valence-electron chi connectivity index (χ4n) is 2.19. The number of hydrogen-bond donors (Lipinski definition) is 3. The molecule has 2 aromatic rings. The molecule has 0 aliphatic heterocycles. The van der Waals surface area contributed by atoms with Crippen LogP contribution in [0.25, 0.3) is 10.9 Å². The average Bonchev–Trinajstić information content (AvgIpc) is 3.20. The fourth-order valence-corrected chi connectivity index (χ4v) is 2.47. The van der Waals surface area contributed by atoms with Crippen LogP contribution in [0.2, 0.25) is 5.02 Å². The molecule has 1 aromatic heterocycles. The molecule has 1 saturated carbocycles. The second-order valence-electron chi connectivity index (χ2n) is 5.35. The van der Waals surface area contributed by atoms with E-state index < -0.39 is 0 Å². The first-order valence-electron chi connectivity index (χ1n) is 6.94. The molecular weight excluding hydrogens is 274 g/mol. The quantitative estimate of drug-likeness (QED) is 0.793. The summed E-state index contributed by atoms with van der Waals surface area (Å²) in [5.74, 6) is 0.0553. The minimum atomic E-state index is -0.224. The number of aromatic nitrogens is 1. The van der Waals surface area contributed by atoms with Crippen LogP contribution in [0.3, 0.4) is 0 Å². The van der Waals surface area contributed by atoms with Gasteiger partial charge in [0.15, 0.2) is 0 Å². The Morgan fingerprint density at radius 1 is 1.45 bits per heavy atom. The normalized spacial score (nSPS) is 16.3. The molecule has 3 rings (SSSR count). The molecule has 4 nitrogen and oxygen atoms in total. The van der Waals surface area contributed by atoms with E-state index in [0.717, 1.165) is 34.5 Å². The number of nitrogens with one attached hydrogen (secondary N) is 3. The molecule has 20 heavy (non-hydrogen) atoms. The van der Waals surface area contributed by atoms with Gasteiger partial charge in [-0.3, -0.25) is 4.79 Å². The van der Waals surface area contributed by atoms with Gasteiger partial charge in [0.2, 0.25) is 5.91 Å². The third-order valence-corrected chi connectivity index (χ3v) is 4.05. The number of hydrogen-bond acceptors (Lipinski definition) is 2. The van der Waals surface area contributed by atoms with Gasteiger partial charge in [-0.25, -0.2) is 0 Å². The van der Waals surface area contributed by atoms with Crippen molar-refractivity contribution >= 4 is 28.4 Å². The number of benzene rings is 1. The van der Waals surface area contributed by atoms with E-state index in [2.05, 4.69) is 15.6 Å². The van der Waals surface area contributed by atoms with E-state index in [-0.39, 0.29) is 11.9 Å². The summed E-state index contributed by atoms with van der Waals surface area (Å²) < 4.78 is 0. The van der Waals surface area contributed by atoms with Gasteiger partial charge in [-0.05, 0) is 25.8 Å². The smallest absolute Gasteiger partial charge is 0.237 e. The van der Waals surface area contributed by atoms with E-state index in [1.54, 1.807) is 0 Å². The second-order valence-corrected chi connectivity index (χ2v) is 5.73. The number of fused-ring (bicyclic) bond motifs is 1. The molecule has 1 unspecified atom stereocenters. The molecule has 1 heterocycles. The Morgan fingerprint density at radius 2 is 2.20 bits per heavy atom. The molecule has 1 amide bonds. The third-order valence-electron chi connectivity index (χ3n) is 3.62. The highest BCUT2D eigenvalue weighted by atomic mass is 35.5. The highest BCUT2D eigenvalue weighted by molar-refractivity contribution is 6.36. The van der Waals surface area contributed by atoms with Gasteiger partial charge in [-0.2, -0.15) is 0 Å². The lowest BCUT2D eigenvalue weighted by atomic mass is 10.2. The van der Waals surface area contributed by atoms with Crippen molar-refractivity contribution in [2.45, 2.75) is 38.4 Å². The SMILES string of the molecule is CC(NCc1[nH]c2ccccc2c1Cl)C(=O)NC1CC1. The zero-order chi connectivity index (χ0) is 14.1. The standard InChI is InChI=1S/C15H18ClN3O/c1-9(15(20)18-10-6-7-10)17-8-13-14(16)11-4-2-3-5-12(11)19-13/h2-5,9-10,17,19H,6-8H2,1H3,(H,18,20).